The van der Waals surface area contributed by atoms with Crippen molar-refractivity contribution in [2.75, 3.05) is 12.5 Å². The monoisotopic (exact) mass is 461 g/mol. The zero-order valence-electron chi connectivity index (χ0n) is 19.4. The lowest BCUT2D eigenvalue weighted by atomic mass is 9.77. The van der Waals surface area contributed by atoms with Gasteiger partial charge >= 0.3 is 0 Å². The molecule has 3 N–H and O–H groups in total. The largest absolute Gasteiger partial charge is 0.453 e. The molecule has 1 aromatic carbocycles. The molecule has 0 unspecified atom stereocenters. The van der Waals surface area contributed by atoms with Crippen molar-refractivity contribution >= 4 is 22.4 Å². The van der Waals surface area contributed by atoms with Crippen molar-refractivity contribution < 1.29 is 19.4 Å². The highest BCUT2D eigenvalue weighted by Gasteiger charge is 2.43. The van der Waals surface area contributed by atoms with Gasteiger partial charge in [0.1, 0.15) is 5.60 Å². The van der Waals surface area contributed by atoms with Gasteiger partial charge in [-0.1, -0.05) is 20.3 Å². The van der Waals surface area contributed by atoms with E-state index in [9.17, 15) is 14.7 Å². The number of nitrogens with zero attached hydrogens (tertiary/aromatic N) is 2. The molecule has 4 heterocycles. The van der Waals surface area contributed by atoms with Crippen molar-refractivity contribution in [3.8, 4) is 22.9 Å². The molecule has 0 radical (unpaired) electrons. The molecule has 1 aliphatic carbocycles. The van der Waals surface area contributed by atoms with Crippen LogP contribution in [0.1, 0.15) is 61.8 Å². The maximum Gasteiger partial charge on any atom is 0.254 e. The average Bonchev–Trinajstić information content (AvgIpc) is 3.45. The molecule has 0 fully saturated rings. The Morgan fingerprint density at radius 1 is 1.18 bits per heavy atom. The fourth-order valence-corrected chi connectivity index (χ4v) is 5.75. The van der Waals surface area contributed by atoms with Crippen LogP contribution in [0.15, 0.2) is 16.9 Å². The van der Waals surface area contributed by atoms with Crippen molar-refractivity contribution in [3.63, 3.8) is 0 Å². The number of hydrogen-bond acceptors (Lipinski definition) is 7. The van der Waals surface area contributed by atoms with Crippen LogP contribution in [0.4, 0.5) is 5.69 Å². The van der Waals surface area contributed by atoms with E-state index in [1.807, 2.05) is 12.1 Å². The Bertz CT molecular complexity index is 1460. The Hall–Kier alpha value is -3.39. The summed E-state index contributed by atoms with van der Waals surface area (Å²) in [6.45, 7) is 4.42. The van der Waals surface area contributed by atoms with Crippen LogP contribution in [-0.2, 0) is 29.8 Å². The van der Waals surface area contributed by atoms with Crippen LogP contribution in [0, 0.1) is 0 Å². The molecule has 6 rings (SSSR count). The van der Waals surface area contributed by atoms with E-state index in [1.54, 1.807) is 11.5 Å². The quantitative estimate of drug-likeness (QED) is 0.448. The van der Waals surface area contributed by atoms with Crippen molar-refractivity contribution in [3.05, 3.63) is 44.7 Å². The number of nitrogen functional groups attached to an aromatic ring is 1. The van der Waals surface area contributed by atoms with Gasteiger partial charge in [0.2, 0.25) is 6.79 Å². The van der Waals surface area contributed by atoms with Gasteiger partial charge in [-0.25, -0.2) is 4.98 Å². The van der Waals surface area contributed by atoms with E-state index in [4.69, 9.17) is 20.2 Å². The van der Waals surface area contributed by atoms with E-state index in [1.165, 1.54) is 0 Å². The number of unbranched alkanes of at least 4 members (excludes halogenated alkanes) is 1. The number of aliphatic hydroxyl groups is 1. The first-order chi connectivity index (χ1) is 16.4. The standard InChI is InChI=1S/C26H27N3O5/c1-3-5-6-13-15-11-29-18(9-16-14(25(29)31)7-8-20(30)26(16,32)4-2)23(15)28-17-10-19-24(34-12-33-19)22(27)21(13)17/h9-10,32H,3-8,11-12,27H2,1-2H3/t26-/m0/s1. The molecular weight excluding hydrogens is 434 g/mol. The van der Waals surface area contributed by atoms with Gasteiger partial charge in [0.25, 0.3) is 5.56 Å². The van der Waals surface area contributed by atoms with E-state index in [0.29, 0.717) is 58.2 Å². The summed E-state index contributed by atoms with van der Waals surface area (Å²) >= 11 is 0. The number of hydrogen-bond donors (Lipinski definition) is 2. The molecule has 0 amide bonds. The van der Waals surface area contributed by atoms with Crippen LogP contribution in [0.2, 0.25) is 0 Å². The van der Waals surface area contributed by atoms with Gasteiger partial charge < -0.3 is 24.9 Å². The highest BCUT2D eigenvalue weighted by atomic mass is 16.7. The summed E-state index contributed by atoms with van der Waals surface area (Å²) in [6.07, 6.45) is 3.51. The molecule has 3 aromatic rings. The summed E-state index contributed by atoms with van der Waals surface area (Å²) in [5.41, 5.74) is 10.3. The minimum absolute atomic E-state index is 0.119. The summed E-state index contributed by atoms with van der Waals surface area (Å²) in [7, 11) is 0. The fraction of sp³-hybridized carbons (Fsp3) is 0.423. The molecule has 2 aliphatic heterocycles. The van der Waals surface area contributed by atoms with Gasteiger partial charge in [-0.2, -0.15) is 0 Å². The summed E-state index contributed by atoms with van der Waals surface area (Å²) < 4.78 is 12.9. The number of carbonyl (C=O) groups excluding carboxylic acids is 1. The van der Waals surface area contributed by atoms with Gasteiger partial charge in [-0.3, -0.25) is 9.59 Å². The van der Waals surface area contributed by atoms with Crippen LogP contribution in [-0.4, -0.2) is 27.2 Å². The van der Waals surface area contributed by atoms with Crippen molar-refractivity contribution in [1.82, 2.24) is 9.55 Å². The number of pyridine rings is 2. The summed E-state index contributed by atoms with van der Waals surface area (Å²) in [6, 6.07) is 3.65. The summed E-state index contributed by atoms with van der Waals surface area (Å²) in [4.78, 5) is 31.2. The molecule has 1 atom stereocenters. The van der Waals surface area contributed by atoms with Crippen molar-refractivity contribution in [1.29, 1.82) is 0 Å². The van der Waals surface area contributed by atoms with Gasteiger partial charge in [0.15, 0.2) is 17.3 Å². The number of carbonyl (C=O) groups is 1. The van der Waals surface area contributed by atoms with E-state index in [-0.39, 0.29) is 31.0 Å². The van der Waals surface area contributed by atoms with Crippen molar-refractivity contribution in [2.45, 2.75) is 64.5 Å². The molecule has 8 nitrogen and oxygen atoms in total. The Morgan fingerprint density at radius 2 is 2.00 bits per heavy atom. The smallest absolute Gasteiger partial charge is 0.254 e. The van der Waals surface area contributed by atoms with Crippen molar-refractivity contribution in [2.24, 2.45) is 0 Å². The number of ketones is 1. The maximum atomic E-state index is 13.6. The van der Waals surface area contributed by atoms with Gasteiger partial charge in [-0.05, 0) is 37.3 Å². The molecule has 0 saturated heterocycles. The average molecular weight is 462 g/mol. The van der Waals surface area contributed by atoms with Crippen LogP contribution in [0.5, 0.6) is 11.5 Å². The second kappa shape index (κ2) is 7.30. The highest BCUT2D eigenvalue weighted by molar-refractivity contribution is 6.01. The maximum absolute atomic E-state index is 13.6. The second-order valence-corrected chi connectivity index (χ2v) is 9.39. The number of aryl methyl sites for hydroxylation is 1. The summed E-state index contributed by atoms with van der Waals surface area (Å²) in [5.74, 6) is 0.869. The molecule has 176 valence electrons. The lowest BCUT2D eigenvalue weighted by Crippen LogP contribution is -2.43. The van der Waals surface area contributed by atoms with Crippen LogP contribution < -0.4 is 20.8 Å². The normalized spacial score (nSPS) is 19.9. The third-order valence-electron chi connectivity index (χ3n) is 7.62. The number of ether oxygens (including phenoxy) is 2. The molecule has 34 heavy (non-hydrogen) atoms. The first-order valence-corrected chi connectivity index (χ1v) is 12.0. The Morgan fingerprint density at radius 3 is 2.76 bits per heavy atom. The van der Waals surface area contributed by atoms with Crippen LogP contribution in [0.25, 0.3) is 22.3 Å². The predicted octanol–water partition coefficient (Wildman–Crippen LogP) is 3.19. The molecular formula is C26H27N3O5. The first-order valence-electron chi connectivity index (χ1n) is 12.0. The Kier molecular flexibility index (Phi) is 4.55. The van der Waals surface area contributed by atoms with Gasteiger partial charge in [0.05, 0.1) is 29.1 Å². The molecule has 0 saturated carbocycles. The lowest BCUT2D eigenvalue weighted by molar-refractivity contribution is -0.140. The molecule has 2 aromatic heterocycles. The Labute approximate surface area is 196 Å². The lowest BCUT2D eigenvalue weighted by Gasteiger charge is -2.32. The van der Waals surface area contributed by atoms with E-state index < -0.39 is 5.60 Å². The molecule has 0 bridgehead atoms. The third kappa shape index (κ3) is 2.66. The topological polar surface area (TPSA) is 117 Å². The number of aromatic nitrogens is 2. The first kappa shape index (κ1) is 21.2. The molecule has 0 spiro atoms. The SMILES string of the molecule is CCCCc1c2c(nc3cc4c(c(N)c13)OCO4)-c1cc3c(c(=O)n1C2)CCC(=O)[C@]3(O)CC. The van der Waals surface area contributed by atoms with E-state index in [0.717, 1.165) is 35.8 Å². The number of nitrogens with two attached hydrogens (primary N) is 1. The zero-order valence-corrected chi connectivity index (χ0v) is 19.4. The minimum atomic E-state index is -1.64. The highest BCUT2D eigenvalue weighted by Crippen LogP contribution is 2.47. The molecule has 8 heteroatoms. The number of Topliss-reactive ketones (excluding diaryl/α,β-unsaturated/α-hetero) is 1. The fourth-order valence-electron chi connectivity index (χ4n) is 5.75. The number of rotatable bonds is 4. The minimum Gasteiger partial charge on any atom is -0.453 e. The number of anilines is 1. The number of benzene rings is 1. The predicted molar refractivity (Wildman–Crippen MR) is 127 cm³/mol. The molecule has 3 aliphatic rings. The third-order valence-corrected chi connectivity index (χ3v) is 7.62. The van der Waals surface area contributed by atoms with Gasteiger partial charge in [-0.15, -0.1) is 0 Å². The number of fused-ring (bicyclic) bond motifs is 6. The zero-order chi connectivity index (χ0) is 23.8. The Balaban J connectivity index is 1.65. The van der Waals surface area contributed by atoms with Crippen LogP contribution in [0.3, 0.4) is 0 Å². The van der Waals surface area contributed by atoms with Gasteiger partial charge in [0, 0.05) is 34.6 Å². The second-order valence-electron chi connectivity index (χ2n) is 9.39. The van der Waals surface area contributed by atoms with E-state index >= 15 is 0 Å². The van der Waals surface area contributed by atoms with Crippen LogP contribution >= 0.6 is 0 Å². The van der Waals surface area contributed by atoms with E-state index in [2.05, 4.69) is 6.92 Å². The summed E-state index contributed by atoms with van der Waals surface area (Å²) in [5, 5.41) is 12.1.